The third-order valence-corrected chi connectivity index (χ3v) is 7.22. The summed E-state index contributed by atoms with van der Waals surface area (Å²) in [6.45, 7) is 10.2. The fourth-order valence-electron chi connectivity index (χ4n) is 2.86. The van der Waals surface area contributed by atoms with Crippen LogP contribution in [0.15, 0.2) is 30.3 Å². The van der Waals surface area contributed by atoms with Crippen molar-refractivity contribution in [1.29, 1.82) is 0 Å². The zero-order valence-electron chi connectivity index (χ0n) is 17.5. The zero-order valence-corrected chi connectivity index (χ0v) is 18.5. The van der Waals surface area contributed by atoms with Crippen molar-refractivity contribution in [3.8, 4) is 0 Å². The first kappa shape index (κ1) is 24.3. The highest BCUT2D eigenvalue weighted by Crippen LogP contribution is 2.24. The van der Waals surface area contributed by atoms with E-state index in [1.807, 2.05) is 6.07 Å². The van der Waals surface area contributed by atoms with Crippen LogP contribution < -0.4 is 11.1 Å². The normalized spacial score (nSPS) is 13.0. The lowest BCUT2D eigenvalue weighted by atomic mass is 10.2. The molecule has 0 saturated carbocycles. The molecule has 1 atom stereocenters. The molecule has 5 nitrogen and oxygen atoms in total. The second-order valence-electron chi connectivity index (χ2n) is 6.84. The predicted molar refractivity (Wildman–Crippen MR) is 115 cm³/mol. The molecule has 0 bridgehead atoms. The summed E-state index contributed by atoms with van der Waals surface area (Å²) in [6.07, 6.45) is 4.90. The van der Waals surface area contributed by atoms with Gasteiger partial charge < -0.3 is 24.3 Å². The number of hydrogen-bond acceptors (Lipinski definition) is 5. The third kappa shape index (κ3) is 10.4. The topological polar surface area (TPSA) is 65.7 Å². The molecular weight excluding hydrogens is 356 g/mol. The summed E-state index contributed by atoms with van der Waals surface area (Å²) >= 11 is 0. The summed E-state index contributed by atoms with van der Waals surface area (Å²) < 4.78 is 19.2. The SMILES string of the molecule is CCCO[Si](CCc1ccccc1)(OCCC)OC(CC)CCNCCN. The van der Waals surface area contributed by atoms with Crippen molar-refractivity contribution in [2.75, 3.05) is 32.8 Å². The van der Waals surface area contributed by atoms with Gasteiger partial charge in [-0.15, -0.1) is 0 Å². The minimum atomic E-state index is -2.73. The Labute approximate surface area is 167 Å². The van der Waals surface area contributed by atoms with E-state index in [2.05, 4.69) is 50.4 Å². The van der Waals surface area contributed by atoms with E-state index in [1.54, 1.807) is 0 Å². The van der Waals surface area contributed by atoms with Crippen LogP contribution in [0.25, 0.3) is 0 Å². The van der Waals surface area contributed by atoms with Crippen LogP contribution in [0.2, 0.25) is 6.04 Å². The molecule has 0 aliphatic rings. The highest BCUT2D eigenvalue weighted by atomic mass is 28.4. The van der Waals surface area contributed by atoms with Gasteiger partial charge in [0.1, 0.15) is 0 Å². The summed E-state index contributed by atoms with van der Waals surface area (Å²) in [6, 6.07) is 11.4. The molecule has 1 unspecified atom stereocenters. The first-order valence-electron chi connectivity index (χ1n) is 10.6. The quantitative estimate of drug-likeness (QED) is 0.310. The van der Waals surface area contributed by atoms with Crippen molar-refractivity contribution >= 4 is 8.80 Å². The van der Waals surface area contributed by atoms with E-state index in [0.717, 1.165) is 51.2 Å². The highest BCUT2D eigenvalue weighted by Gasteiger charge is 2.42. The number of benzene rings is 1. The summed E-state index contributed by atoms with van der Waals surface area (Å²) in [7, 11) is -2.73. The molecule has 0 heterocycles. The molecule has 1 rings (SSSR count). The van der Waals surface area contributed by atoms with Gasteiger partial charge in [-0.3, -0.25) is 0 Å². The summed E-state index contributed by atoms with van der Waals surface area (Å²) in [4.78, 5) is 0. The average molecular weight is 397 g/mol. The number of nitrogens with two attached hydrogens (primary N) is 1. The maximum atomic E-state index is 6.62. The Hall–Kier alpha value is -0.763. The van der Waals surface area contributed by atoms with Crippen LogP contribution in [0.3, 0.4) is 0 Å². The van der Waals surface area contributed by atoms with Gasteiger partial charge in [0.2, 0.25) is 0 Å². The molecule has 6 heteroatoms. The molecule has 0 saturated heterocycles. The molecule has 0 fully saturated rings. The van der Waals surface area contributed by atoms with Crippen molar-refractivity contribution in [2.45, 2.75) is 65.0 Å². The third-order valence-electron chi connectivity index (χ3n) is 4.38. The monoisotopic (exact) mass is 396 g/mol. The molecule has 0 aromatic heterocycles. The maximum Gasteiger partial charge on any atom is 0.501 e. The lowest BCUT2D eigenvalue weighted by Crippen LogP contribution is -2.49. The van der Waals surface area contributed by atoms with E-state index in [4.69, 9.17) is 19.0 Å². The second kappa shape index (κ2) is 15.2. The van der Waals surface area contributed by atoms with Crippen LogP contribution in [0.5, 0.6) is 0 Å². The summed E-state index contributed by atoms with van der Waals surface area (Å²) in [5.41, 5.74) is 6.86. The largest absolute Gasteiger partial charge is 0.501 e. The maximum absolute atomic E-state index is 6.62. The van der Waals surface area contributed by atoms with Crippen LogP contribution in [-0.2, 0) is 19.7 Å². The Bertz CT molecular complexity index is 454. The van der Waals surface area contributed by atoms with E-state index in [-0.39, 0.29) is 6.10 Å². The highest BCUT2D eigenvalue weighted by molar-refractivity contribution is 6.60. The molecule has 0 amide bonds. The van der Waals surface area contributed by atoms with Gasteiger partial charge in [0.15, 0.2) is 0 Å². The molecule has 0 radical (unpaired) electrons. The lowest BCUT2D eigenvalue weighted by Gasteiger charge is -2.33. The average Bonchev–Trinajstić information content (AvgIpc) is 2.72. The van der Waals surface area contributed by atoms with Gasteiger partial charge in [-0.05, 0) is 44.2 Å². The van der Waals surface area contributed by atoms with Gasteiger partial charge >= 0.3 is 8.80 Å². The zero-order chi connectivity index (χ0) is 19.8. The fraction of sp³-hybridized carbons (Fsp3) is 0.714. The Kier molecular flexibility index (Phi) is 13.7. The Balaban J connectivity index is 2.80. The van der Waals surface area contributed by atoms with Crippen LogP contribution >= 0.6 is 0 Å². The van der Waals surface area contributed by atoms with E-state index in [0.29, 0.717) is 19.8 Å². The first-order chi connectivity index (χ1) is 13.2. The molecule has 0 aliphatic carbocycles. The van der Waals surface area contributed by atoms with Gasteiger partial charge in [0.25, 0.3) is 0 Å². The van der Waals surface area contributed by atoms with Crippen molar-refractivity contribution in [1.82, 2.24) is 5.32 Å². The van der Waals surface area contributed by atoms with Crippen molar-refractivity contribution in [2.24, 2.45) is 5.73 Å². The van der Waals surface area contributed by atoms with Gasteiger partial charge in [0.05, 0.1) is 6.10 Å². The molecular formula is C21H40N2O3Si. The number of aryl methyl sites for hydroxylation is 1. The van der Waals surface area contributed by atoms with Crippen LogP contribution in [0.4, 0.5) is 0 Å². The minimum absolute atomic E-state index is 0.145. The van der Waals surface area contributed by atoms with Crippen LogP contribution in [0, 0.1) is 0 Å². The Morgan fingerprint density at radius 1 is 1.00 bits per heavy atom. The van der Waals surface area contributed by atoms with Crippen molar-refractivity contribution < 1.29 is 13.3 Å². The summed E-state index contributed by atoms with van der Waals surface area (Å²) in [5, 5.41) is 3.36. The number of hydrogen-bond donors (Lipinski definition) is 2. The van der Waals surface area contributed by atoms with E-state index >= 15 is 0 Å². The number of rotatable bonds is 17. The van der Waals surface area contributed by atoms with Gasteiger partial charge in [-0.2, -0.15) is 0 Å². The molecule has 1 aromatic carbocycles. The molecule has 0 spiro atoms. The first-order valence-corrected chi connectivity index (χ1v) is 12.5. The van der Waals surface area contributed by atoms with Crippen molar-refractivity contribution in [3.05, 3.63) is 35.9 Å². The van der Waals surface area contributed by atoms with Gasteiger partial charge in [0, 0.05) is 32.3 Å². The second-order valence-corrected chi connectivity index (χ2v) is 9.52. The van der Waals surface area contributed by atoms with Crippen LogP contribution in [-0.4, -0.2) is 47.8 Å². The lowest BCUT2D eigenvalue weighted by molar-refractivity contribution is 0.0224. The Morgan fingerprint density at radius 2 is 1.67 bits per heavy atom. The molecule has 0 aliphatic heterocycles. The van der Waals surface area contributed by atoms with E-state index in [9.17, 15) is 0 Å². The smallest absolute Gasteiger partial charge is 0.373 e. The summed E-state index contributed by atoms with van der Waals surface area (Å²) in [5.74, 6) is 0. The van der Waals surface area contributed by atoms with E-state index in [1.165, 1.54) is 5.56 Å². The Morgan fingerprint density at radius 3 is 2.22 bits per heavy atom. The predicted octanol–water partition coefficient (Wildman–Crippen LogP) is 3.75. The number of nitrogens with one attached hydrogen (secondary N) is 1. The van der Waals surface area contributed by atoms with Crippen LogP contribution in [0.1, 0.15) is 52.0 Å². The van der Waals surface area contributed by atoms with Gasteiger partial charge in [-0.25, -0.2) is 0 Å². The molecule has 156 valence electrons. The fourth-order valence-corrected chi connectivity index (χ4v) is 5.90. The van der Waals surface area contributed by atoms with E-state index < -0.39 is 8.80 Å². The molecule has 3 N–H and O–H groups in total. The standard InChI is InChI=1S/C21H40N2O3Si/c1-4-17-24-27(25-18-5-2,19-13-20-10-8-7-9-11-20)26-21(6-3)12-15-23-16-14-22/h7-11,21,23H,4-6,12-19,22H2,1-3H3. The van der Waals surface area contributed by atoms with Gasteiger partial charge in [-0.1, -0.05) is 51.1 Å². The molecule has 27 heavy (non-hydrogen) atoms. The minimum Gasteiger partial charge on any atom is -0.373 e. The van der Waals surface area contributed by atoms with Crippen molar-refractivity contribution in [3.63, 3.8) is 0 Å². The molecule has 1 aromatic rings.